The summed E-state index contributed by atoms with van der Waals surface area (Å²) >= 11 is 0. The van der Waals surface area contributed by atoms with Gasteiger partial charge in [0.05, 0.1) is 0 Å². The molecule has 264 valence electrons. The second kappa shape index (κ2) is 19.2. The SMILES string of the molecule is O=C(NCCN1CCCC1)c1cccc(-c2cccc(CN(CCc3ccncc3)C(=O)CCCc3ccccc3)c2)c1.O=C(O)C(F)(F)F. The summed E-state index contributed by atoms with van der Waals surface area (Å²) < 4.78 is 31.7. The van der Waals surface area contributed by atoms with Gasteiger partial charge in [-0.25, -0.2) is 4.79 Å². The van der Waals surface area contributed by atoms with Crippen LogP contribution in [0.1, 0.15) is 52.7 Å². The maximum atomic E-state index is 13.5. The van der Waals surface area contributed by atoms with E-state index in [1.807, 2.05) is 65.6 Å². The number of carbonyl (C=O) groups is 3. The maximum Gasteiger partial charge on any atom is 0.490 e. The highest BCUT2D eigenvalue weighted by Gasteiger charge is 2.38. The molecule has 1 saturated heterocycles. The van der Waals surface area contributed by atoms with Crippen molar-refractivity contribution >= 4 is 17.8 Å². The van der Waals surface area contributed by atoms with Gasteiger partial charge >= 0.3 is 12.1 Å². The van der Waals surface area contributed by atoms with E-state index in [1.54, 1.807) is 12.4 Å². The molecular formula is C39H43F3N4O4. The van der Waals surface area contributed by atoms with Crippen LogP contribution in [-0.4, -0.2) is 76.6 Å². The van der Waals surface area contributed by atoms with Gasteiger partial charge in [-0.3, -0.25) is 14.6 Å². The minimum absolute atomic E-state index is 0.0411. The second-order valence-electron chi connectivity index (χ2n) is 12.1. The van der Waals surface area contributed by atoms with Gasteiger partial charge < -0.3 is 20.2 Å². The van der Waals surface area contributed by atoms with Crippen LogP contribution in [0.15, 0.2) is 103 Å². The Bertz CT molecular complexity index is 1660. The number of nitrogens with one attached hydrogen (secondary N) is 1. The Morgan fingerprint density at radius 2 is 1.42 bits per heavy atom. The van der Waals surface area contributed by atoms with E-state index in [0.717, 1.165) is 55.6 Å². The van der Waals surface area contributed by atoms with Gasteiger partial charge in [-0.05, 0) is 103 Å². The number of alkyl halides is 3. The Morgan fingerprint density at radius 1 is 0.800 bits per heavy atom. The van der Waals surface area contributed by atoms with Crippen LogP contribution < -0.4 is 5.32 Å². The van der Waals surface area contributed by atoms with Gasteiger partial charge in [0, 0.05) is 50.6 Å². The van der Waals surface area contributed by atoms with E-state index in [1.165, 1.54) is 24.0 Å². The number of halogens is 3. The summed E-state index contributed by atoms with van der Waals surface area (Å²) in [4.78, 5) is 43.7. The molecule has 0 aliphatic carbocycles. The Balaban J connectivity index is 0.000000727. The lowest BCUT2D eigenvalue weighted by atomic mass is 10.0. The van der Waals surface area contributed by atoms with Crippen LogP contribution in [0.2, 0.25) is 0 Å². The third-order valence-electron chi connectivity index (χ3n) is 8.38. The molecule has 2 heterocycles. The zero-order valence-corrected chi connectivity index (χ0v) is 27.9. The largest absolute Gasteiger partial charge is 0.490 e. The third kappa shape index (κ3) is 12.8. The summed E-state index contributed by atoms with van der Waals surface area (Å²) in [6, 6.07) is 30.5. The van der Waals surface area contributed by atoms with E-state index in [9.17, 15) is 22.8 Å². The van der Waals surface area contributed by atoms with Crippen LogP contribution in [0.3, 0.4) is 0 Å². The van der Waals surface area contributed by atoms with Gasteiger partial charge in [0.25, 0.3) is 5.91 Å². The number of hydrogen-bond donors (Lipinski definition) is 2. The van der Waals surface area contributed by atoms with E-state index in [0.29, 0.717) is 31.6 Å². The molecule has 8 nitrogen and oxygen atoms in total. The number of rotatable bonds is 14. The number of amides is 2. The molecule has 0 bridgehead atoms. The Labute approximate surface area is 291 Å². The van der Waals surface area contributed by atoms with Crippen molar-refractivity contribution in [2.45, 2.75) is 51.2 Å². The van der Waals surface area contributed by atoms with Gasteiger partial charge in [0.1, 0.15) is 0 Å². The number of carbonyl (C=O) groups excluding carboxylic acids is 2. The maximum absolute atomic E-state index is 13.5. The molecular weight excluding hydrogens is 645 g/mol. The molecule has 1 aliphatic heterocycles. The normalized spacial score (nSPS) is 12.9. The number of hydrogen-bond acceptors (Lipinski definition) is 5. The average molecular weight is 689 g/mol. The molecule has 2 N–H and O–H groups in total. The number of aliphatic carboxylic acids is 1. The zero-order chi connectivity index (χ0) is 35.8. The number of carboxylic acids is 1. The molecule has 4 aromatic rings. The zero-order valence-electron chi connectivity index (χ0n) is 27.9. The van der Waals surface area contributed by atoms with Gasteiger partial charge in [0.15, 0.2) is 0 Å². The first-order valence-electron chi connectivity index (χ1n) is 16.8. The van der Waals surface area contributed by atoms with Crippen LogP contribution in [0, 0.1) is 0 Å². The monoisotopic (exact) mass is 688 g/mol. The van der Waals surface area contributed by atoms with Crippen molar-refractivity contribution in [3.05, 3.63) is 126 Å². The number of carboxylic acid groups (broad SMARTS) is 1. The minimum atomic E-state index is -5.08. The smallest absolute Gasteiger partial charge is 0.475 e. The highest BCUT2D eigenvalue weighted by atomic mass is 19.4. The van der Waals surface area contributed by atoms with Crippen molar-refractivity contribution in [1.82, 2.24) is 20.1 Å². The first kappa shape index (κ1) is 37.8. The average Bonchev–Trinajstić information content (AvgIpc) is 3.64. The molecule has 1 aromatic heterocycles. The summed E-state index contributed by atoms with van der Waals surface area (Å²) in [5.74, 6) is -2.63. The van der Waals surface area contributed by atoms with Gasteiger partial charge in [0.2, 0.25) is 5.91 Å². The predicted molar refractivity (Wildman–Crippen MR) is 186 cm³/mol. The van der Waals surface area contributed by atoms with Gasteiger partial charge in [-0.15, -0.1) is 0 Å². The number of pyridine rings is 1. The number of aromatic nitrogens is 1. The molecule has 0 saturated carbocycles. The topological polar surface area (TPSA) is 103 Å². The van der Waals surface area contributed by atoms with E-state index in [4.69, 9.17) is 9.90 Å². The van der Waals surface area contributed by atoms with Crippen LogP contribution in [0.25, 0.3) is 11.1 Å². The standard InChI is InChI=1S/C37H42N4O2.C2HF3O2/c42-36(16-7-11-30-9-2-1-3-10-30)41(25-19-31-17-20-38-21-18-31)29-32-12-6-13-33(27-32)34-14-8-15-35(28-34)37(43)39-22-26-40-23-4-5-24-40;3-2(4,5)1(6)7/h1-3,6,8-10,12-15,17-18,20-21,27-28H,4-5,7,11,16,19,22-26,29H2,(H,39,43);(H,6,7). The molecule has 0 atom stereocenters. The Morgan fingerprint density at radius 3 is 2.10 bits per heavy atom. The summed E-state index contributed by atoms with van der Waals surface area (Å²) in [6.45, 7) is 5.00. The highest BCUT2D eigenvalue weighted by molar-refractivity contribution is 5.95. The summed E-state index contributed by atoms with van der Waals surface area (Å²) in [7, 11) is 0. The quantitative estimate of drug-likeness (QED) is 0.151. The van der Waals surface area contributed by atoms with Crippen LogP contribution in [0.5, 0.6) is 0 Å². The summed E-state index contributed by atoms with van der Waals surface area (Å²) in [5, 5.41) is 10.2. The lowest BCUT2D eigenvalue weighted by molar-refractivity contribution is -0.192. The van der Waals surface area contributed by atoms with E-state index in [2.05, 4.69) is 45.5 Å². The van der Waals surface area contributed by atoms with Crippen molar-refractivity contribution < 1.29 is 32.7 Å². The van der Waals surface area contributed by atoms with Crippen molar-refractivity contribution in [3.8, 4) is 11.1 Å². The fraction of sp³-hybridized carbons (Fsp3) is 0.333. The molecule has 1 fully saturated rings. The van der Waals surface area contributed by atoms with Gasteiger partial charge in [-0.2, -0.15) is 13.2 Å². The van der Waals surface area contributed by atoms with Crippen LogP contribution in [0.4, 0.5) is 13.2 Å². The molecule has 5 rings (SSSR count). The lowest BCUT2D eigenvalue weighted by Crippen LogP contribution is -2.33. The first-order valence-corrected chi connectivity index (χ1v) is 16.8. The van der Waals surface area contributed by atoms with E-state index in [-0.39, 0.29) is 11.8 Å². The number of aryl methyl sites for hydroxylation is 1. The second-order valence-corrected chi connectivity index (χ2v) is 12.1. The predicted octanol–water partition coefficient (Wildman–Crippen LogP) is 6.80. The fourth-order valence-corrected chi connectivity index (χ4v) is 5.70. The third-order valence-corrected chi connectivity index (χ3v) is 8.38. The van der Waals surface area contributed by atoms with Crippen molar-refractivity contribution in [3.63, 3.8) is 0 Å². The Hall–Kier alpha value is -5.03. The molecule has 1 aliphatic rings. The van der Waals surface area contributed by atoms with Crippen molar-refractivity contribution in [2.75, 3.05) is 32.7 Å². The molecule has 50 heavy (non-hydrogen) atoms. The Kier molecular flexibility index (Phi) is 14.5. The molecule has 0 radical (unpaired) electrons. The number of likely N-dealkylation sites (tertiary alicyclic amines) is 1. The van der Waals surface area contributed by atoms with Gasteiger partial charge in [-0.1, -0.05) is 60.7 Å². The lowest BCUT2D eigenvalue weighted by Gasteiger charge is -2.23. The fourth-order valence-electron chi connectivity index (χ4n) is 5.70. The molecule has 0 unspecified atom stereocenters. The van der Waals surface area contributed by atoms with E-state index >= 15 is 0 Å². The van der Waals surface area contributed by atoms with Crippen LogP contribution >= 0.6 is 0 Å². The first-order chi connectivity index (χ1) is 24.1. The van der Waals surface area contributed by atoms with E-state index < -0.39 is 12.1 Å². The number of nitrogens with zero attached hydrogens (tertiary/aromatic N) is 3. The van der Waals surface area contributed by atoms with Crippen molar-refractivity contribution in [2.24, 2.45) is 0 Å². The summed E-state index contributed by atoms with van der Waals surface area (Å²) in [6.07, 6.45) is 4.02. The number of benzene rings is 3. The van der Waals surface area contributed by atoms with Crippen molar-refractivity contribution in [1.29, 1.82) is 0 Å². The minimum Gasteiger partial charge on any atom is -0.475 e. The summed E-state index contributed by atoms with van der Waals surface area (Å²) in [5.41, 5.74) is 6.19. The van der Waals surface area contributed by atoms with Crippen LogP contribution in [-0.2, 0) is 29.0 Å². The molecule has 3 aromatic carbocycles. The molecule has 2 amide bonds. The highest BCUT2D eigenvalue weighted by Crippen LogP contribution is 2.23. The molecule has 0 spiro atoms. The molecule has 11 heteroatoms.